The maximum Gasteiger partial charge on any atom is 0.142 e. The van der Waals surface area contributed by atoms with Crippen LogP contribution in [0, 0.1) is 11.3 Å². The second kappa shape index (κ2) is 5.69. The number of carbonyl (C=O) groups excluding carboxylic acids is 1. The van der Waals surface area contributed by atoms with Crippen LogP contribution in [-0.4, -0.2) is 18.9 Å². The Bertz CT molecular complexity index is 456. The zero-order valence-corrected chi connectivity index (χ0v) is 12.4. The number of piperidine rings is 1. The average molecular weight is 271 g/mol. The van der Waals surface area contributed by atoms with Crippen LogP contribution in [0.25, 0.3) is 0 Å². The van der Waals surface area contributed by atoms with Gasteiger partial charge in [0.25, 0.3) is 0 Å². The smallest absolute Gasteiger partial charge is 0.142 e. The highest BCUT2D eigenvalue weighted by molar-refractivity contribution is 5.90. The van der Waals surface area contributed by atoms with Gasteiger partial charge in [-0.05, 0) is 50.3 Å². The largest absolute Gasteiger partial charge is 0.317 e. The van der Waals surface area contributed by atoms with Crippen LogP contribution in [0.1, 0.15) is 50.5 Å². The molecule has 0 radical (unpaired) electrons. The Morgan fingerprint density at radius 3 is 2.60 bits per heavy atom. The highest BCUT2D eigenvalue weighted by Crippen LogP contribution is 2.53. The van der Waals surface area contributed by atoms with Crippen molar-refractivity contribution < 1.29 is 4.79 Å². The van der Waals surface area contributed by atoms with Crippen LogP contribution in [-0.2, 0) is 4.79 Å². The van der Waals surface area contributed by atoms with Gasteiger partial charge in [-0.2, -0.15) is 0 Å². The molecular formula is C18H25NO. The number of hydrogen-bond acceptors (Lipinski definition) is 2. The van der Waals surface area contributed by atoms with E-state index in [1.165, 1.54) is 5.56 Å². The molecule has 0 amide bonds. The molecular weight excluding hydrogens is 246 g/mol. The molecule has 1 N–H and O–H groups in total. The lowest BCUT2D eigenvalue weighted by Gasteiger charge is -2.36. The van der Waals surface area contributed by atoms with Crippen molar-refractivity contribution in [3.8, 4) is 0 Å². The van der Waals surface area contributed by atoms with Crippen LogP contribution in [0.4, 0.5) is 0 Å². The van der Waals surface area contributed by atoms with Crippen molar-refractivity contribution in [3.05, 3.63) is 35.9 Å². The molecule has 2 nitrogen and oxygen atoms in total. The van der Waals surface area contributed by atoms with Gasteiger partial charge in [-0.1, -0.05) is 43.7 Å². The summed E-state index contributed by atoms with van der Waals surface area (Å²) in [5.74, 6) is 1.35. The Balaban J connectivity index is 1.72. The molecule has 2 unspecified atom stereocenters. The van der Waals surface area contributed by atoms with Crippen LogP contribution in [0.15, 0.2) is 30.3 Å². The highest BCUT2D eigenvalue weighted by Gasteiger charge is 2.51. The lowest BCUT2D eigenvalue weighted by molar-refractivity contribution is -0.132. The minimum Gasteiger partial charge on any atom is -0.317 e. The van der Waals surface area contributed by atoms with Gasteiger partial charge < -0.3 is 5.32 Å². The molecule has 0 bridgehead atoms. The van der Waals surface area contributed by atoms with Gasteiger partial charge in [0.05, 0.1) is 0 Å². The van der Waals surface area contributed by atoms with E-state index in [0.29, 0.717) is 17.6 Å². The molecule has 2 heteroatoms. The molecule has 3 rings (SSSR count). The molecule has 0 aromatic heterocycles. The van der Waals surface area contributed by atoms with Gasteiger partial charge in [0.15, 0.2) is 0 Å². The molecule has 1 heterocycles. The number of nitrogens with one attached hydrogen (secondary N) is 1. The van der Waals surface area contributed by atoms with E-state index in [-0.39, 0.29) is 5.41 Å². The Hall–Kier alpha value is -1.15. The first-order chi connectivity index (χ1) is 9.77. The van der Waals surface area contributed by atoms with E-state index in [1.807, 2.05) is 6.07 Å². The molecule has 2 fully saturated rings. The summed E-state index contributed by atoms with van der Waals surface area (Å²) in [5.41, 5.74) is 1.33. The monoisotopic (exact) mass is 271 g/mol. The van der Waals surface area contributed by atoms with Crippen molar-refractivity contribution in [1.82, 2.24) is 5.32 Å². The third kappa shape index (κ3) is 2.54. The third-order valence-corrected chi connectivity index (χ3v) is 5.17. The van der Waals surface area contributed by atoms with Crippen molar-refractivity contribution >= 4 is 5.78 Å². The number of benzene rings is 1. The molecule has 1 aromatic rings. The normalized spacial score (nSPS) is 28.1. The Morgan fingerprint density at radius 2 is 1.95 bits per heavy atom. The van der Waals surface area contributed by atoms with Crippen molar-refractivity contribution in [1.29, 1.82) is 0 Å². The van der Waals surface area contributed by atoms with E-state index in [0.717, 1.165) is 45.2 Å². The molecule has 108 valence electrons. The summed E-state index contributed by atoms with van der Waals surface area (Å²) in [5, 5.41) is 3.40. The first kappa shape index (κ1) is 13.8. The standard InChI is InChI=1S/C18H25NO/c1-2-8-18(9-11-19-12-10-18)17(20)16-13-15(16)14-6-4-3-5-7-14/h3-7,15-16,19H,2,8-13H2,1H3. The fraction of sp³-hybridized carbons (Fsp3) is 0.611. The van der Waals surface area contributed by atoms with Crippen molar-refractivity contribution in [2.45, 2.75) is 44.9 Å². The molecule has 2 atom stereocenters. The van der Waals surface area contributed by atoms with Gasteiger partial charge >= 0.3 is 0 Å². The predicted octanol–water partition coefficient (Wildman–Crippen LogP) is 3.53. The maximum atomic E-state index is 13.0. The summed E-state index contributed by atoms with van der Waals surface area (Å²) in [6, 6.07) is 10.6. The number of ketones is 1. The van der Waals surface area contributed by atoms with Gasteiger partial charge in [0, 0.05) is 11.3 Å². The minimum atomic E-state index is -0.0196. The predicted molar refractivity (Wildman–Crippen MR) is 81.7 cm³/mol. The molecule has 1 aromatic carbocycles. The van der Waals surface area contributed by atoms with Crippen LogP contribution in [0.2, 0.25) is 0 Å². The summed E-state index contributed by atoms with van der Waals surface area (Å²) in [6.07, 6.45) is 5.34. The van der Waals surface area contributed by atoms with E-state index >= 15 is 0 Å². The van der Waals surface area contributed by atoms with Crippen LogP contribution >= 0.6 is 0 Å². The second-order valence-corrected chi connectivity index (χ2v) is 6.50. The van der Waals surface area contributed by atoms with E-state index in [1.54, 1.807) is 0 Å². The van der Waals surface area contributed by atoms with Gasteiger partial charge in [-0.3, -0.25) is 4.79 Å². The quantitative estimate of drug-likeness (QED) is 0.887. The highest BCUT2D eigenvalue weighted by atomic mass is 16.1. The lowest BCUT2D eigenvalue weighted by Crippen LogP contribution is -2.43. The lowest BCUT2D eigenvalue weighted by atomic mass is 9.70. The average Bonchev–Trinajstić information content (AvgIpc) is 3.29. The zero-order valence-electron chi connectivity index (χ0n) is 12.4. The molecule has 1 aliphatic heterocycles. The summed E-state index contributed by atoms with van der Waals surface area (Å²) in [6.45, 7) is 4.22. The topological polar surface area (TPSA) is 29.1 Å². The summed E-state index contributed by atoms with van der Waals surface area (Å²) < 4.78 is 0. The fourth-order valence-electron chi connectivity index (χ4n) is 3.95. The summed E-state index contributed by atoms with van der Waals surface area (Å²) >= 11 is 0. The molecule has 0 spiro atoms. The third-order valence-electron chi connectivity index (χ3n) is 5.17. The zero-order chi connectivity index (χ0) is 14.0. The van der Waals surface area contributed by atoms with Crippen LogP contribution in [0.3, 0.4) is 0 Å². The maximum absolute atomic E-state index is 13.0. The summed E-state index contributed by atoms with van der Waals surface area (Å²) in [4.78, 5) is 13.0. The second-order valence-electron chi connectivity index (χ2n) is 6.50. The Labute approximate surface area is 122 Å². The van der Waals surface area contributed by atoms with E-state index < -0.39 is 0 Å². The molecule has 1 saturated carbocycles. The van der Waals surface area contributed by atoms with E-state index in [9.17, 15) is 4.79 Å². The number of Topliss-reactive ketones (excluding diaryl/α,β-unsaturated/α-hetero) is 1. The molecule has 2 aliphatic rings. The molecule has 1 saturated heterocycles. The summed E-state index contributed by atoms with van der Waals surface area (Å²) in [7, 11) is 0. The minimum absolute atomic E-state index is 0.0196. The van der Waals surface area contributed by atoms with Gasteiger partial charge in [0.2, 0.25) is 0 Å². The van der Waals surface area contributed by atoms with Gasteiger partial charge in [-0.25, -0.2) is 0 Å². The van der Waals surface area contributed by atoms with E-state index in [2.05, 4.69) is 36.5 Å². The first-order valence-corrected chi connectivity index (χ1v) is 8.07. The Kier molecular flexibility index (Phi) is 3.93. The first-order valence-electron chi connectivity index (χ1n) is 8.07. The van der Waals surface area contributed by atoms with Gasteiger partial charge in [0.1, 0.15) is 5.78 Å². The van der Waals surface area contributed by atoms with E-state index in [4.69, 9.17) is 0 Å². The Morgan fingerprint density at radius 1 is 1.25 bits per heavy atom. The SMILES string of the molecule is CCCC1(C(=O)C2CC2c2ccccc2)CCNCC1. The van der Waals surface area contributed by atoms with Crippen molar-refractivity contribution in [2.24, 2.45) is 11.3 Å². The number of rotatable bonds is 5. The van der Waals surface area contributed by atoms with Crippen LogP contribution in [0.5, 0.6) is 0 Å². The van der Waals surface area contributed by atoms with Crippen molar-refractivity contribution in [3.63, 3.8) is 0 Å². The number of carbonyl (C=O) groups is 1. The van der Waals surface area contributed by atoms with Crippen LogP contribution < -0.4 is 5.32 Å². The fourth-order valence-corrected chi connectivity index (χ4v) is 3.95. The van der Waals surface area contributed by atoms with Gasteiger partial charge in [-0.15, -0.1) is 0 Å². The molecule has 20 heavy (non-hydrogen) atoms. The van der Waals surface area contributed by atoms with Crippen molar-refractivity contribution in [2.75, 3.05) is 13.1 Å². The number of hydrogen-bond donors (Lipinski definition) is 1. The molecule has 1 aliphatic carbocycles.